The SMILES string of the molecule is [N-]=[N+]=NCCNC(=O)c1c(F)cccc1F. The molecule has 0 heterocycles. The smallest absolute Gasteiger partial charge is 0.257 e. The van der Waals surface area contributed by atoms with Crippen molar-refractivity contribution < 1.29 is 13.6 Å². The fraction of sp³-hybridized carbons (Fsp3) is 0.222. The van der Waals surface area contributed by atoms with Gasteiger partial charge in [0.25, 0.3) is 5.91 Å². The lowest BCUT2D eigenvalue weighted by Gasteiger charge is -2.05. The molecule has 1 aromatic carbocycles. The average Bonchev–Trinajstić information content (AvgIpc) is 2.24. The molecule has 1 amide bonds. The molecular formula is C9H8F2N4O. The summed E-state index contributed by atoms with van der Waals surface area (Å²) < 4.78 is 26.2. The second-order valence-corrected chi connectivity index (χ2v) is 2.81. The lowest BCUT2D eigenvalue weighted by atomic mass is 10.2. The molecule has 0 radical (unpaired) electrons. The first kappa shape index (κ1) is 11.9. The minimum Gasteiger partial charge on any atom is -0.352 e. The molecule has 1 aromatic rings. The number of nitrogens with one attached hydrogen (secondary N) is 1. The zero-order valence-corrected chi connectivity index (χ0v) is 8.15. The van der Waals surface area contributed by atoms with Crippen molar-refractivity contribution in [3.63, 3.8) is 0 Å². The summed E-state index contributed by atoms with van der Waals surface area (Å²) in [7, 11) is 0. The third-order valence-corrected chi connectivity index (χ3v) is 1.75. The molecule has 0 aliphatic rings. The largest absolute Gasteiger partial charge is 0.352 e. The maximum Gasteiger partial charge on any atom is 0.257 e. The quantitative estimate of drug-likeness (QED) is 0.362. The first-order valence-corrected chi connectivity index (χ1v) is 4.40. The van der Waals surface area contributed by atoms with E-state index in [9.17, 15) is 13.6 Å². The van der Waals surface area contributed by atoms with E-state index in [0.29, 0.717) is 0 Å². The van der Waals surface area contributed by atoms with E-state index < -0.39 is 23.1 Å². The van der Waals surface area contributed by atoms with Crippen molar-refractivity contribution >= 4 is 5.91 Å². The molecule has 0 saturated heterocycles. The molecule has 0 aromatic heterocycles. The molecule has 1 rings (SSSR count). The van der Waals surface area contributed by atoms with Crippen LogP contribution < -0.4 is 5.32 Å². The Morgan fingerprint density at radius 2 is 2.06 bits per heavy atom. The summed E-state index contributed by atoms with van der Waals surface area (Å²) in [6.07, 6.45) is 0. The van der Waals surface area contributed by atoms with Crippen molar-refractivity contribution in [3.8, 4) is 0 Å². The summed E-state index contributed by atoms with van der Waals surface area (Å²) in [4.78, 5) is 13.8. The van der Waals surface area contributed by atoms with Gasteiger partial charge < -0.3 is 5.32 Å². The number of benzene rings is 1. The van der Waals surface area contributed by atoms with E-state index in [1.165, 1.54) is 6.07 Å². The lowest BCUT2D eigenvalue weighted by molar-refractivity contribution is 0.0946. The molecule has 84 valence electrons. The van der Waals surface area contributed by atoms with E-state index >= 15 is 0 Å². The third kappa shape index (κ3) is 2.93. The van der Waals surface area contributed by atoms with Crippen LogP contribution in [-0.2, 0) is 0 Å². The Kier molecular flexibility index (Phi) is 4.23. The maximum atomic E-state index is 13.1. The summed E-state index contributed by atoms with van der Waals surface area (Å²) in [5.74, 6) is -2.73. The predicted octanol–water partition coefficient (Wildman–Crippen LogP) is 2.00. The van der Waals surface area contributed by atoms with Crippen LogP contribution in [0.2, 0.25) is 0 Å². The Bertz CT molecular complexity index is 423. The van der Waals surface area contributed by atoms with E-state index in [1.54, 1.807) is 0 Å². The van der Waals surface area contributed by atoms with E-state index in [4.69, 9.17) is 5.53 Å². The molecule has 1 N–H and O–H groups in total. The number of carbonyl (C=O) groups is 1. The summed E-state index contributed by atoms with van der Waals surface area (Å²) in [5.41, 5.74) is 7.33. The zero-order chi connectivity index (χ0) is 12.0. The molecule has 0 atom stereocenters. The number of carbonyl (C=O) groups excluding carboxylic acids is 1. The highest BCUT2D eigenvalue weighted by Gasteiger charge is 2.15. The van der Waals surface area contributed by atoms with Gasteiger partial charge in [-0.1, -0.05) is 11.2 Å². The number of amides is 1. The summed E-state index contributed by atoms with van der Waals surface area (Å²) >= 11 is 0. The van der Waals surface area contributed by atoms with Gasteiger partial charge in [0.2, 0.25) is 0 Å². The zero-order valence-electron chi connectivity index (χ0n) is 8.15. The Morgan fingerprint density at radius 3 is 2.62 bits per heavy atom. The van der Waals surface area contributed by atoms with Crippen LogP contribution in [0.1, 0.15) is 10.4 Å². The van der Waals surface area contributed by atoms with Gasteiger partial charge in [-0.3, -0.25) is 4.79 Å². The van der Waals surface area contributed by atoms with Gasteiger partial charge in [-0.15, -0.1) is 0 Å². The van der Waals surface area contributed by atoms with Crippen LogP contribution in [0, 0.1) is 11.6 Å². The van der Waals surface area contributed by atoms with E-state index in [1.807, 2.05) is 0 Å². The molecule has 16 heavy (non-hydrogen) atoms. The normalized spacial score (nSPS) is 9.38. The van der Waals surface area contributed by atoms with Crippen LogP contribution >= 0.6 is 0 Å². The highest BCUT2D eigenvalue weighted by atomic mass is 19.1. The van der Waals surface area contributed by atoms with Gasteiger partial charge in [0.05, 0.1) is 0 Å². The molecule has 0 fully saturated rings. The predicted molar refractivity (Wildman–Crippen MR) is 52.7 cm³/mol. The Morgan fingerprint density at radius 1 is 1.44 bits per heavy atom. The second-order valence-electron chi connectivity index (χ2n) is 2.81. The number of hydrogen-bond acceptors (Lipinski definition) is 2. The van der Waals surface area contributed by atoms with E-state index in [0.717, 1.165) is 12.1 Å². The highest BCUT2D eigenvalue weighted by Crippen LogP contribution is 2.11. The molecular weight excluding hydrogens is 218 g/mol. The van der Waals surface area contributed by atoms with Crippen molar-refractivity contribution in [1.29, 1.82) is 0 Å². The van der Waals surface area contributed by atoms with Crippen molar-refractivity contribution in [1.82, 2.24) is 5.32 Å². The van der Waals surface area contributed by atoms with Gasteiger partial charge >= 0.3 is 0 Å². The van der Waals surface area contributed by atoms with E-state index in [-0.39, 0.29) is 13.1 Å². The minimum atomic E-state index is -0.929. The molecule has 0 bridgehead atoms. The van der Waals surface area contributed by atoms with Crippen molar-refractivity contribution in [2.24, 2.45) is 5.11 Å². The molecule has 0 spiro atoms. The summed E-state index contributed by atoms with van der Waals surface area (Å²) in [5, 5.41) is 5.39. The fourth-order valence-corrected chi connectivity index (χ4v) is 1.07. The van der Waals surface area contributed by atoms with Gasteiger partial charge in [-0.25, -0.2) is 8.78 Å². The second kappa shape index (κ2) is 5.67. The van der Waals surface area contributed by atoms with Crippen LogP contribution in [-0.4, -0.2) is 19.0 Å². The number of hydrogen-bond donors (Lipinski definition) is 1. The van der Waals surface area contributed by atoms with Gasteiger partial charge in [-0.05, 0) is 17.7 Å². The molecule has 0 aliphatic carbocycles. The monoisotopic (exact) mass is 226 g/mol. The molecule has 7 heteroatoms. The molecule has 0 unspecified atom stereocenters. The number of rotatable bonds is 4. The average molecular weight is 226 g/mol. The summed E-state index contributed by atoms with van der Waals surface area (Å²) in [6, 6.07) is 3.15. The van der Waals surface area contributed by atoms with Crippen LogP contribution in [0.25, 0.3) is 10.4 Å². The van der Waals surface area contributed by atoms with Crippen molar-refractivity contribution in [2.45, 2.75) is 0 Å². The highest BCUT2D eigenvalue weighted by molar-refractivity contribution is 5.94. The van der Waals surface area contributed by atoms with E-state index in [2.05, 4.69) is 15.3 Å². The Labute approximate surface area is 89.7 Å². The Balaban J connectivity index is 2.69. The fourth-order valence-electron chi connectivity index (χ4n) is 1.07. The number of nitrogens with zero attached hydrogens (tertiary/aromatic N) is 3. The van der Waals surface area contributed by atoms with Crippen LogP contribution in [0.15, 0.2) is 23.3 Å². The molecule has 0 saturated carbocycles. The first-order valence-electron chi connectivity index (χ1n) is 4.40. The minimum absolute atomic E-state index is 0.0245. The van der Waals surface area contributed by atoms with Crippen LogP contribution in [0.3, 0.4) is 0 Å². The van der Waals surface area contributed by atoms with Crippen LogP contribution in [0.4, 0.5) is 8.78 Å². The topological polar surface area (TPSA) is 77.9 Å². The van der Waals surface area contributed by atoms with Crippen LogP contribution in [0.5, 0.6) is 0 Å². The first-order chi connectivity index (χ1) is 7.66. The van der Waals surface area contributed by atoms with Gasteiger partial charge in [0.15, 0.2) is 0 Å². The lowest BCUT2D eigenvalue weighted by Crippen LogP contribution is -2.27. The maximum absolute atomic E-state index is 13.1. The summed E-state index contributed by atoms with van der Waals surface area (Å²) in [6.45, 7) is 0.0506. The number of halogens is 2. The molecule has 5 nitrogen and oxygen atoms in total. The van der Waals surface area contributed by atoms with Gasteiger partial charge in [0, 0.05) is 18.0 Å². The van der Waals surface area contributed by atoms with Gasteiger partial charge in [-0.2, -0.15) is 0 Å². The third-order valence-electron chi connectivity index (χ3n) is 1.75. The van der Waals surface area contributed by atoms with Gasteiger partial charge in [0.1, 0.15) is 17.2 Å². The van der Waals surface area contributed by atoms with Crippen molar-refractivity contribution in [2.75, 3.05) is 13.1 Å². The molecule has 0 aliphatic heterocycles. The Hall–Kier alpha value is -2.14. The van der Waals surface area contributed by atoms with Crippen molar-refractivity contribution in [3.05, 3.63) is 45.8 Å². The standard InChI is InChI=1S/C9H8F2N4O/c10-6-2-1-3-7(11)8(6)9(16)13-4-5-14-15-12/h1-3H,4-5H2,(H,13,16). The number of azide groups is 1.